The van der Waals surface area contributed by atoms with Crippen LogP contribution in [-0.4, -0.2) is 49.1 Å². The van der Waals surface area contributed by atoms with Gasteiger partial charge in [-0.05, 0) is 43.3 Å². The lowest BCUT2D eigenvalue weighted by Crippen LogP contribution is -2.46. The van der Waals surface area contributed by atoms with Crippen LogP contribution in [0.3, 0.4) is 0 Å². The maximum absolute atomic E-state index is 13.9. The van der Waals surface area contributed by atoms with Crippen LogP contribution in [0.4, 0.5) is 17.1 Å². The molecule has 0 bridgehead atoms. The molecule has 0 amide bonds. The van der Waals surface area contributed by atoms with Crippen LogP contribution in [0, 0.1) is 6.92 Å². The van der Waals surface area contributed by atoms with Gasteiger partial charge in [-0.3, -0.25) is 9.69 Å². The molecule has 1 N–H and O–H groups in total. The van der Waals surface area contributed by atoms with E-state index >= 15 is 0 Å². The van der Waals surface area contributed by atoms with E-state index in [9.17, 15) is 4.79 Å². The van der Waals surface area contributed by atoms with Gasteiger partial charge in [0, 0.05) is 60.1 Å². The highest BCUT2D eigenvalue weighted by molar-refractivity contribution is 6.30. The molecule has 0 saturated carbocycles. The van der Waals surface area contributed by atoms with Crippen molar-refractivity contribution in [1.82, 2.24) is 10.1 Å². The zero-order valence-corrected chi connectivity index (χ0v) is 23.7. The molecule has 0 radical (unpaired) electrons. The van der Waals surface area contributed by atoms with Gasteiger partial charge in [-0.25, -0.2) is 0 Å². The summed E-state index contributed by atoms with van der Waals surface area (Å²) in [5.74, 6) is 1.46. The Balaban J connectivity index is 1.25. The molecule has 1 aliphatic heterocycles. The molecule has 1 aliphatic carbocycles. The van der Waals surface area contributed by atoms with Crippen molar-refractivity contribution in [1.29, 1.82) is 0 Å². The Labute approximate surface area is 243 Å². The second-order valence-electron chi connectivity index (χ2n) is 10.6. The molecule has 5 aromatic rings. The van der Waals surface area contributed by atoms with Gasteiger partial charge in [0.15, 0.2) is 11.5 Å². The molecule has 7 nitrogen and oxygen atoms in total. The van der Waals surface area contributed by atoms with E-state index in [1.165, 1.54) is 5.56 Å². The van der Waals surface area contributed by atoms with Crippen molar-refractivity contribution in [2.45, 2.75) is 13.5 Å². The molecule has 2 aliphatic rings. The fourth-order valence-electron chi connectivity index (χ4n) is 5.93. The minimum atomic E-state index is -0.0252. The second-order valence-corrected chi connectivity index (χ2v) is 11.1. The first kappa shape index (κ1) is 25.6. The first-order valence-electron chi connectivity index (χ1n) is 13.7. The molecule has 206 valence electrons. The molecular weight excluding hydrogens is 536 g/mol. The Morgan fingerprint density at radius 2 is 1.73 bits per heavy atom. The molecule has 2 heterocycles. The summed E-state index contributed by atoms with van der Waals surface area (Å²) in [6.45, 7) is 6.12. The van der Waals surface area contributed by atoms with E-state index in [0.717, 1.165) is 77.6 Å². The Kier molecular flexibility index (Phi) is 6.41. The van der Waals surface area contributed by atoms with Crippen LogP contribution >= 0.6 is 11.6 Å². The van der Waals surface area contributed by atoms with E-state index in [-0.39, 0.29) is 5.78 Å². The minimum Gasteiger partial charge on any atom is -0.496 e. The predicted molar refractivity (Wildman–Crippen MR) is 163 cm³/mol. The van der Waals surface area contributed by atoms with Gasteiger partial charge < -0.3 is 19.5 Å². The van der Waals surface area contributed by atoms with Crippen molar-refractivity contribution in [2.24, 2.45) is 0 Å². The Bertz CT molecular complexity index is 1790. The highest BCUT2D eigenvalue weighted by Gasteiger charge is 2.34. The van der Waals surface area contributed by atoms with Crippen LogP contribution in [0.5, 0.6) is 5.75 Å². The van der Waals surface area contributed by atoms with E-state index in [1.54, 1.807) is 7.11 Å². The second kappa shape index (κ2) is 10.3. The number of carbonyl (C=O) groups is 1. The van der Waals surface area contributed by atoms with Crippen molar-refractivity contribution < 1.29 is 14.1 Å². The lowest BCUT2D eigenvalue weighted by atomic mass is 9.86. The maximum atomic E-state index is 13.9. The minimum absolute atomic E-state index is 0.0252. The van der Waals surface area contributed by atoms with Crippen molar-refractivity contribution in [2.75, 3.05) is 43.5 Å². The summed E-state index contributed by atoms with van der Waals surface area (Å²) >= 11 is 6.28. The van der Waals surface area contributed by atoms with Gasteiger partial charge in [0.25, 0.3) is 0 Å². The molecule has 0 spiro atoms. The molecule has 7 rings (SSSR count). The van der Waals surface area contributed by atoms with E-state index < -0.39 is 0 Å². The van der Waals surface area contributed by atoms with Gasteiger partial charge >= 0.3 is 0 Å². The van der Waals surface area contributed by atoms with Crippen molar-refractivity contribution in [3.05, 3.63) is 100 Å². The molecule has 0 atom stereocenters. The number of ketones is 1. The molecule has 4 aromatic carbocycles. The summed E-state index contributed by atoms with van der Waals surface area (Å²) in [6, 6.07) is 23.6. The number of halogens is 1. The normalized spacial score (nSPS) is 14.8. The third kappa shape index (κ3) is 4.51. The van der Waals surface area contributed by atoms with Crippen LogP contribution in [0.15, 0.2) is 77.3 Å². The fraction of sp³-hybridized carbons (Fsp3) is 0.212. The third-order valence-corrected chi connectivity index (χ3v) is 8.29. The first-order valence-corrected chi connectivity index (χ1v) is 14.1. The largest absolute Gasteiger partial charge is 0.496 e. The van der Waals surface area contributed by atoms with Gasteiger partial charge in [0.2, 0.25) is 0 Å². The average Bonchev–Trinajstić information content (AvgIpc) is 3.43. The monoisotopic (exact) mass is 564 g/mol. The predicted octanol–water partition coefficient (Wildman–Crippen LogP) is 7.08. The zero-order chi connectivity index (χ0) is 28.1. The molecule has 41 heavy (non-hydrogen) atoms. The highest BCUT2D eigenvalue weighted by Crippen LogP contribution is 2.46. The number of aryl methyl sites for hydroxylation is 1. The molecule has 8 heteroatoms. The highest BCUT2D eigenvalue weighted by atomic mass is 35.5. The summed E-state index contributed by atoms with van der Waals surface area (Å²) in [4.78, 5) is 18.6. The van der Waals surface area contributed by atoms with Crippen molar-refractivity contribution in [3.63, 3.8) is 0 Å². The zero-order valence-electron chi connectivity index (χ0n) is 22.9. The van der Waals surface area contributed by atoms with Gasteiger partial charge in [-0.1, -0.05) is 58.7 Å². The van der Waals surface area contributed by atoms with Crippen LogP contribution in [0.2, 0.25) is 5.02 Å². The standard InChI is InChI=1S/C33H29ClN4O3/c1-20-7-10-23(11-8-20)35-26-18-27(31-30-29(26)32(39)24-5-3-4-6-25(24)33(30)41-36-31)38-15-13-37(14-16-38)19-21-17-22(34)9-12-28(21)40-2/h3-12,17-18,35H,13-16,19H2,1-2H3. The quantitative estimate of drug-likeness (QED) is 0.232. The lowest BCUT2D eigenvalue weighted by Gasteiger charge is -2.36. The van der Waals surface area contributed by atoms with Gasteiger partial charge in [-0.15, -0.1) is 0 Å². The number of anilines is 3. The number of benzene rings is 4. The van der Waals surface area contributed by atoms with E-state index in [0.29, 0.717) is 21.9 Å². The number of ether oxygens (including phenoxy) is 1. The molecule has 0 unspecified atom stereocenters. The van der Waals surface area contributed by atoms with Crippen molar-refractivity contribution >= 4 is 45.3 Å². The Hall–Kier alpha value is -4.33. The topological polar surface area (TPSA) is 70.8 Å². The van der Waals surface area contributed by atoms with Crippen molar-refractivity contribution in [3.8, 4) is 17.1 Å². The number of nitrogens with one attached hydrogen (secondary N) is 1. The summed E-state index contributed by atoms with van der Waals surface area (Å²) in [7, 11) is 1.69. The summed E-state index contributed by atoms with van der Waals surface area (Å²) in [5, 5.41) is 9.55. The van der Waals surface area contributed by atoms with Crippen LogP contribution < -0.4 is 15.0 Å². The average molecular weight is 565 g/mol. The Morgan fingerprint density at radius 1 is 0.976 bits per heavy atom. The molecular formula is C33H29ClN4O3. The Morgan fingerprint density at radius 3 is 2.49 bits per heavy atom. The van der Waals surface area contributed by atoms with E-state index in [4.69, 9.17) is 20.9 Å². The molecule has 1 fully saturated rings. The fourth-order valence-corrected chi connectivity index (χ4v) is 6.13. The SMILES string of the molecule is COc1ccc(Cl)cc1CN1CCN(c2cc(Nc3ccc(C)cc3)c3c4c(onc24)-c2ccccc2C3=O)CC1. The van der Waals surface area contributed by atoms with Crippen LogP contribution in [0.25, 0.3) is 22.2 Å². The third-order valence-electron chi connectivity index (χ3n) is 8.06. The number of nitrogens with zero attached hydrogens (tertiary/aromatic N) is 3. The number of rotatable bonds is 6. The number of hydrogen-bond donors (Lipinski definition) is 1. The number of carbonyl (C=O) groups excluding carboxylic acids is 1. The number of aromatic nitrogens is 1. The maximum Gasteiger partial charge on any atom is 0.196 e. The van der Waals surface area contributed by atoms with E-state index in [2.05, 4.69) is 45.4 Å². The number of hydrogen-bond acceptors (Lipinski definition) is 7. The van der Waals surface area contributed by atoms with E-state index in [1.807, 2.05) is 54.6 Å². The smallest absolute Gasteiger partial charge is 0.196 e. The van der Waals surface area contributed by atoms with Gasteiger partial charge in [0.1, 0.15) is 11.3 Å². The summed E-state index contributed by atoms with van der Waals surface area (Å²) in [5.41, 5.74) is 7.61. The van der Waals surface area contributed by atoms with Gasteiger partial charge in [-0.2, -0.15) is 0 Å². The first-order chi connectivity index (χ1) is 20.0. The summed E-state index contributed by atoms with van der Waals surface area (Å²) in [6.07, 6.45) is 0. The number of methoxy groups -OCH3 is 1. The van der Waals surface area contributed by atoms with Crippen LogP contribution in [0.1, 0.15) is 27.0 Å². The molecule has 1 saturated heterocycles. The number of fused-ring (bicyclic) bond motifs is 2. The molecule has 1 aromatic heterocycles. The number of piperazine rings is 1. The lowest BCUT2D eigenvalue weighted by molar-refractivity contribution is 0.104. The summed E-state index contributed by atoms with van der Waals surface area (Å²) < 4.78 is 11.5. The van der Waals surface area contributed by atoms with Gasteiger partial charge in [0.05, 0.1) is 29.4 Å². The van der Waals surface area contributed by atoms with Crippen LogP contribution in [-0.2, 0) is 6.54 Å².